The van der Waals surface area contributed by atoms with E-state index in [9.17, 15) is 4.79 Å². The molecule has 1 atom stereocenters. The highest BCUT2D eigenvalue weighted by molar-refractivity contribution is 5.69. The summed E-state index contributed by atoms with van der Waals surface area (Å²) in [6, 6.07) is 9.62. The molecule has 0 aliphatic carbocycles. The van der Waals surface area contributed by atoms with E-state index in [-0.39, 0.29) is 12.5 Å². The van der Waals surface area contributed by atoms with Gasteiger partial charge in [-0.1, -0.05) is 43.7 Å². The van der Waals surface area contributed by atoms with Crippen molar-refractivity contribution in [3.63, 3.8) is 0 Å². The summed E-state index contributed by atoms with van der Waals surface area (Å²) in [7, 11) is 0. The fourth-order valence-electron chi connectivity index (χ4n) is 1.51. The van der Waals surface area contributed by atoms with Gasteiger partial charge in [0.1, 0.15) is 0 Å². The number of ether oxygens (including phenoxy) is 1. The van der Waals surface area contributed by atoms with Crippen LogP contribution in [0.1, 0.15) is 37.9 Å². The van der Waals surface area contributed by atoms with E-state index in [1.54, 1.807) is 0 Å². The van der Waals surface area contributed by atoms with Crippen molar-refractivity contribution in [2.24, 2.45) is 5.90 Å². The van der Waals surface area contributed by atoms with Gasteiger partial charge in [-0.25, -0.2) is 0 Å². The molecule has 1 aromatic rings. The van der Waals surface area contributed by atoms with Crippen LogP contribution >= 0.6 is 0 Å². The summed E-state index contributed by atoms with van der Waals surface area (Å²) in [5.74, 6) is 4.39. The fourth-order valence-corrected chi connectivity index (χ4v) is 1.51. The molecule has 1 rings (SSSR count). The zero-order valence-electron chi connectivity index (χ0n) is 10.1. The van der Waals surface area contributed by atoms with Crippen LogP contribution in [0.15, 0.2) is 30.3 Å². The lowest BCUT2D eigenvalue weighted by atomic mass is 10.1. The molecular weight excluding hydrogens is 218 g/mol. The zero-order chi connectivity index (χ0) is 12.5. The smallest absolute Gasteiger partial charge is 0.327 e. The van der Waals surface area contributed by atoms with Crippen molar-refractivity contribution in [3.8, 4) is 0 Å². The Morgan fingerprint density at radius 3 is 2.65 bits per heavy atom. The number of carbonyl (C=O) groups is 1. The van der Waals surface area contributed by atoms with Gasteiger partial charge in [0.25, 0.3) is 0 Å². The van der Waals surface area contributed by atoms with Crippen molar-refractivity contribution in [3.05, 3.63) is 35.9 Å². The second-order valence-electron chi connectivity index (χ2n) is 3.82. The Labute approximate surface area is 102 Å². The molecule has 0 aliphatic rings. The summed E-state index contributed by atoms with van der Waals surface area (Å²) in [5.41, 5.74) is 0.967. The van der Waals surface area contributed by atoms with E-state index < -0.39 is 5.97 Å². The number of rotatable bonds is 7. The predicted molar refractivity (Wildman–Crippen MR) is 64.9 cm³/mol. The van der Waals surface area contributed by atoms with Gasteiger partial charge in [-0.3, -0.25) is 4.79 Å². The highest BCUT2D eigenvalue weighted by Gasteiger charge is 2.16. The van der Waals surface area contributed by atoms with Gasteiger partial charge in [0.15, 0.2) is 0 Å². The number of benzene rings is 1. The predicted octanol–water partition coefficient (Wildman–Crippen LogP) is 2.35. The summed E-state index contributed by atoms with van der Waals surface area (Å²) in [6.45, 7) is 2.73. The van der Waals surface area contributed by atoms with Gasteiger partial charge < -0.3 is 9.57 Å². The van der Waals surface area contributed by atoms with Crippen LogP contribution in [0.5, 0.6) is 0 Å². The molecule has 0 fully saturated rings. The van der Waals surface area contributed by atoms with Crippen molar-refractivity contribution in [1.82, 2.24) is 0 Å². The Balaban J connectivity index is 2.61. The molecule has 1 aromatic carbocycles. The highest BCUT2D eigenvalue weighted by Crippen LogP contribution is 2.21. The molecule has 0 spiro atoms. The third-order valence-electron chi connectivity index (χ3n) is 2.47. The van der Waals surface area contributed by atoms with E-state index in [4.69, 9.17) is 10.6 Å². The number of hydrogen-bond acceptors (Lipinski definition) is 4. The molecule has 4 nitrogen and oxygen atoms in total. The first kappa shape index (κ1) is 13.7. The monoisotopic (exact) mass is 237 g/mol. The topological polar surface area (TPSA) is 61.5 Å². The van der Waals surface area contributed by atoms with Gasteiger partial charge in [-0.05, 0) is 12.0 Å². The Hall–Kier alpha value is -1.39. The lowest BCUT2D eigenvalue weighted by Crippen LogP contribution is -2.16. The number of nitrogens with two attached hydrogens (primary N) is 1. The third kappa shape index (κ3) is 4.97. The highest BCUT2D eigenvalue weighted by atomic mass is 16.7. The van der Waals surface area contributed by atoms with Crippen LogP contribution in [0.25, 0.3) is 0 Å². The van der Waals surface area contributed by atoms with Gasteiger partial charge in [0.2, 0.25) is 0 Å². The summed E-state index contributed by atoms with van der Waals surface area (Å²) < 4.78 is 5.68. The number of hydrogen-bond donors (Lipinski definition) is 1. The summed E-state index contributed by atoms with van der Waals surface area (Å²) in [5, 5.41) is 0. The first-order chi connectivity index (χ1) is 8.27. The lowest BCUT2D eigenvalue weighted by Gasteiger charge is -2.16. The molecule has 2 N–H and O–H groups in total. The van der Waals surface area contributed by atoms with E-state index in [1.165, 1.54) is 0 Å². The zero-order valence-corrected chi connectivity index (χ0v) is 10.1. The first-order valence-corrected chi connectivity index (χ1v) is 5.84. The second-order valence-corrected chi connectivity index (χ2v) is 3.82. The van der Waals surface area contributed by atoms with Gasteiger partial charge in [0.05, 0.1) is 12.5 Å². The molecular formula is C13H19NO3. The molecule has 1 unspecified atom stereocenters. The Kier molecular flexibility index (Phi) is 6.29. The first-order valence-electron chi connectivity index (χ1n) is 5.84. The van der Waals surface area contributed by atoms with E-state index >= 15 is 0 Å². The Morgan fingerprint density at radius 2 is 2.06 bits per heavy atom. The molecule has 0 heterocycles. The van der Waals surface area contributed by atoms with Crippen molar-refractivity contribution < 1.29 is 14.4 Å². The maximum absolute atomic E-state index is 11.2. The van der Waals surface area contributed by atoms with Crippen LogP contribution < -0.4 is 5.90 Å². The Morgan fingerprint density at radius 1 is 1.35 bits per heavy atom. The maximum atomic E-state index is 11.2. The molecule has 94 valence electrons. The van der Waals surface area contributed by atoms with Gasteiger partial charge in [-0.2, -0.15) is 5.90 Å². The fraction of sp³-hybridized carbons (Fsp3) is 0.462. The normalized spacial score (nSPS) is 12.1. The summed E-state index contributed by atoms with van der Waals surface area (Å²) >= 11 is 0. The van der Waals surface area contributed by atoms with Crippen LogP contribution in [-0.4, -0.2) is 12.6 Å². The van der Waals surface area contributed by atoms with Crippen molar-refractivity contribution in [1.29, 1.82) is 0 Å². The average Bonchev–Trinajstić information content (AvgIpc) is 2.38. The van der Waals surface area contributed by atoms with Gasteiger partial charge >= 0.3 is 5.97 Å². The molecule has 0 aliphatic heterocycles. The van der Waals surface area contributed by atoms with Crippen LogP contribution in [-0.2, 0) is 14.4 Å². The molecule has 0 saturated heterocycles. The number of unbranched alkanes of at least 4 members (excludes halogenated alkanes) is 1. The molecule has 0 radical (unpaired) electrons. The van der Waals surface area contributed by atoms with E-state index in [0.29, 0.717) is 6.61 Å². The lowest BCUT2D eigenvalue weighted by molar-refractivity contribution is -0.147. The van der Waals surface area contributed by atoms with Gasteiger partial charge in [0, 0.05) is 6.61 Å². The largest absolute Gasteiger partial charge is 0.373 e. The minimum atomic E-state index is -0.463. The molecule has 0 aromatic heterocycles. The standard InChI is InChI=1S/C13H19NO3/c1-2-3-9-16-12(10-13(15)17-14)11-7-5-4-6-8-11/h4-8,12H,2-3,9-10,14H2,1H3. The number of carbonyl (C=O) groups excluding carboxylic acids is 1. The van der Waals surface area contributed by atoms with Crippen LogP contribution in [0.4, 0.5) is 0 Å². The van der Waals surface area contributed by atoms with Crippen molar-refractivity contribution in [2.75, 3.05) is 6.61 Å². The summed E-state index contributed by atoms with van der Waals surface area (Å²) in [6.07, 6.45) is 1.90. The van der Waals surface area contributed by atoms with Crippen LogP contribution in [0, 0.1) is 0 Å². The minimum absolute atomic E-state index is 0.143. The Bertz CT molecular complexity index is 327. The van der Waals surface area contributed by atoms with E-state index in [2.05, 4.69) is 11.8 Å². The molecule has 4 heteroatoms. The summed E-state index contributed by atoms with van der Waals surface area (Å²) in [4.78, 5) is 15.4. The molecule has 17 heavy (non-hydrogen) atoms. The minimum Gasteiger partial charge on any atom is -0.373 e. The quantitative estimate of drug-likeness (QED) is 0.584. The molecule has 0 amide bonds. The van der Waals surface area contributed by atoms with E-state index in [0.717, 1.165) is 18.4 Å². The van der Waals surface area contributed by atoms with Crippen LogP contribution in [0.3, 0.4) is 0 Å². The van der Waals surface area contributed by atoms with E-state index in [1.807, 2.05) is 30.3 Å². The van der Waals surface area contributed by atoms with Crippen molar-refractivity contribution in [2.45, 2.75) is 32.3 Å². The maximum Gasteiger partial charge on any atom is 0.327 e. The second kappa shape index (κ2) is 7.81. The average molecular weight is 237 g/mol. The molecule has 0 saturated carbocycles. The SMILES string of the molecule is CCCCOC(CC(=O)ON)c1ccccc1. The van der Waals surface area contributed by atoms with Crippen molar-refractivity contribution >= 4 is 5.97 Å². The third-order valence-corrected chi connectivity index (χ3v) is 2.47. The molecule has 0 bridgehead atoms. The van der Waals surface area contributed by atoms with Crippen LogP contribution in [0.2, 0.25) is 0 Å². The van der Waals surface area contributed by atoms with Gasteiger partial charge in [-0.15, -0.1) is 0 Å².